The quantitative estimate of drug-likeness (QED) is 0.894. The van der Waals surface area contributed by atoms with E-state index >= 15 is 0 Å². The maximum Gasteiger partial charge on any atom is 0.186 e. The Morgan fingerprint density at radius 3 is 2.74 bits per heavy atom. The molecule has 1 heterocycles. The van der Waals surface area contributed by atoms with Gasteiger partial charge in [0.25, 0.3) is 0 Å². The normalized spacial score (nSPS) is 10.6. The largest absolute Gasteiger partial charge is 0.368 e. The fraction of sp³-hybridized carbons (Fsp3) is 0.231. The molecule has 1 aromatic heterocycles. The fourth-order valence-corrected chi connectivity index (χ4v) is 2.10. The summed E-state index contributed by atoms with van der Waals surface area (Å²) in [6.45, 7) is 4.10. The number of hydrogen-bond acceptors (Lipinski definition) is 3. The van der Waals surface area contributed by atoms with Crippen LogP contribution in [0.3, 0.4) is 0 Å². The highest BCUT2D eigenvalue weighted by Gasteiger charge is 2.12. The minimum Gasteiger partial charge on any atom is -0.368 e. The van der Waals surface area contributed by atoms with E-state index in [1.54, 1.807) is 19.1 Å². The molecule has 1 aromatic carbocycles. The lowest BCUT2D eigenvalue weighted by atomic mass is 10.2. The molecule has 19 heavy (non-hydrogen) atoms. The first-order valence-corrected chi connectivity index (χ1v) is 6.93. The van der Waals surface area contributed by atoms with E-state index < -0.39 is 5.82 Å². The van der Waals surface area contributed by atoms with Crippen LogP contribution >= 0.6 is 27.5 Å². The number of halogens is 3. The van der Waals surface area contributed by atoms with Gasteiger partial charge >= 0.3 is 0 Å². The maximum atomic E-state index is 13.8. The van der Waals surface area contributed by atoms with Gasteiger partial charge in [-0.25, -0.2) is 14.4 Å². The van der Waals surface area contributed by atoms with E-state index in [1.165, 1.54) is 0 Å². The number of aromatic nitrogens is 2. The van der Waals surface area contributed by atoms with Crippen LogP contribution in [0.4, 0.5) is 10.2 Å². The Bertz CT molecular complexity index is 619. The Balaban J connectivity index is 2.52. The summed E-state index contributed by atoms with van der Waals surface area (Å²) in [7, 11) is 0. The molecule has 3 nitrogen and oxygen atoms in total. The molecular weight excluding hydrogens is 333 g/mol. The van der Waals surface area contributed by atoms with Crippen molar-refractivity contribution in [3.8, 4) is 11.4 Å². The van der Waals surface area contributed by atoms with Crippen molar-refractivity contribution in [2.45, 2.75) is 13.8 Å². The van der Waals surface area contributed by atoms with Gasteiger partial charge in [-0.2, -0.15) is 0 Å². The molecular formula is C13H12BrClFN3. The molecule has 0 saturated carbocycles. The molecule has 0 bridgehead atoms. The third kappa shape index (κ3) is 3.04. The molecule has 0 radical (unpaired) electrons. The van der Waals surface area contributed by atoms with Crippen molar-refractivity contribution in [3.63, 3.8) is 0 Å². The smallest absolute Gasteiger partial charge is 0.186 e. The Morgan fingerprint density at radius 2 is 2.11 bits per heavy atom. The molecule has 0 aliphatic rings. The second kappa shape index (κ2) is 5.84. The lowest BCUT2D eigenvalue weighted by molar-refractivity contribution is 0.606. The van der Waals surface area contributed by atoms with E-state index in [4.69, 9.17) is 11.6 Å². The van der Waals surface area contributed by atoms with Crippen LogP contribution < -0.4 is 5.32 Å². The minimum atomic E-state index is -0.418. The number of anilines is 1. The van der Waals surface area contributed by atoms with Gasteiger partial charge in [-0.3, -0.25) is 0 Å². The van der Waals surface area contributed by atoms with E-state index in [1.807, 2.05) is 13.0 Å². The van der Waals surface area contributed by atoms with Crippen molar-refractivity contribution in [2.24, 2.45) is 0 Å². The zero-order valence-corrected chi connectivity index (χ0v) is 12.8. The molecule has 2 rings (SSSR count). The number of benzene rings is 1. The van der Waals surface area contributed by atoms with Gasteiger partial charge in [-0.15, -0.1) is 0 Å². The average molecular weight is 345 g/mol. The lowest BCUT2D eigenvalue weighted by Gasteiger charge is -2.09. The predicted octanol–water partition coefficient (Wildman–Crippen LogP) is 4.44. The molecule has 2 aromatic rings. The van der Waals surface area contributed by atoms with E-state index in [9.17, 15) is 4.39 Å². The molecule has 0 spiro atoms. The maximum absolute atomic E-state index is 13.8. The minimum absolute atomic E-state index is 0.219. The first-order chi connectivity index (χ1) is 9.02. The second-order valence-electron chi connectivity index (χ2n) is 3.95. The molecule has 6 heteroatoms. The molecule has 0 aliphatic heterocycles. The highest BCUT2D eigenvalue weighted by atomic mass is 79.9. The van der Waals surface area contributed by atoms with Crippen LogP contribution in [-0.2, 0) is 0 Å². The molecule has 1 N–H and O–H groups in total. The highest BCUT2D eigenvalue weighted by molar-refractivity contribution is 9.10. The van der Waals surface area contributed by atoms with Crippen molar-refractivity contribution in [1.29, 1.82) is 0 Å². The molecule has 100 valence electrons. The van der Waals surface area contributed by atoms with Crippen LogP contribution in [0.5, 0.6) is 0 Å². The van der Waals surface area contributed by atoms with Crippen LogP contribution in [0.25, 0.3) is 11.4 Å². The SMILES string of the molecule is CCNc1nc(-c2ccc(Cl)c(Br)c2)nc(C)c1F. The van der Waals surface area contributed by atoms with Gasteiger partial charge in [0.15, 0.2) is 17.5 Å². The van der Waals surface area contributed by atoms with Gasteiger partial charge in [0, 0.05) is 16.6 Å². The van der Waals surface area contributed by atoms with Crippen LogP contribution in [0.2, 0.25) is 5.02 Å². The predicted molar refractivity (Wildman–Crippen MR) is 79.0 cm³/mol. The van der Waals surface area contributed by atoms with Crippen molar-refractivity contribution < 1.29 is 4.39 Å². The summed E-state index contributed by atoms with van der Waals surface area (Å²) < 4.78 is 14.6. The van der Waals surface area contributed by atoms with E-state index in [-0.39, 0.29) is 5.82 Å². The van der Waals surface area contributed by atoms with Gasteiger partial charge < -0.3 is 5.32 Å². The molecule has 0 amide bonds. The summed E-state index contributed by atoms with van der Waals surface area (Å²) in [6.07, 6.45) is 0. The molecule has 0 aliphatic carbocycles. The van der Waals surface area contributed by atoms with Gasteiger partial charge in [0.05, 0.1) is 10.7 Å². The first-order valence-electron chi connectivity index (χ1n) is 5.76. The molecule has 0 unspecified atom stereocenters. The Morgan fingerprint density at radius 1 is 1.37 bits per heavy atom. The monoisotopic (exact) mass is 343 g/mol. The molecule has 0 saturated heterocycles. The summed E-state index contributed by atoms with van der Waals surface area (Å²) in [5.41, 5.74) is 1.09. The third-order valence-electron chi connectivity index (χ3n) is 2.54. The van der Waals surface area contributed by atoms with Gasteiger partial charge in [0.2, 0.25) is 0 Å². The third-order valence-corrected chi connectivity index (χ3v) is 3.75. The standard InChI is InChI=1S/C13H12BrClFN3/c1-3-17-13-11(16)7(2)18-12(19-13)8-4-5-10(15)9(14)6-8/h4-6H,3H2,1-2H3,(H,17,18,19). The second-order valence-corrected chi connectivity index (χ2v) is 5.22. The van der Waals surface area contributed by atoms with Crippen molar-refractivity contribution in [2.75, 3.05) is 11.9 Å². The number of nitrogens with zero attached hydrogens (tertiary/aromatic N) is 2. The fourth-order valence-electron chi connectivity index (χ4n) is 1.61. The number of hydrogen-bond donors (Lipinski definition) is 1. The van der Waals surface area contributed by atoms with Gasteiger partial charge in [0.1, 0.15) is 0 Å². The highest BCUT2D eigenvalue weighted by Crippen LogP contribution is 2.28. The number of aryl methyl sites for hydroxylation is 1. The van der Waals surface area contributed by atoms with E-state index in [0.29, 0.717) is 23.1 Å². The Hall–Kier alpha value is -1.20. The van der Waals surface area contributed by atoms with Gasteiger partial charge in [-0.05, 0) is 48.0 Å². The van der Waals surface area contributed by atoms with E-state index in [0.717, 1.165) is 10.0 Å². The van der Waals surface area contributed by atoms with Crippen molar-refractivity contribution >= 4 is 33.3 Å². The summed E-state index contributed by atoms with van der Waals surface area (Å²) in [5.74, 6) is 0.266. The zero-order valence-electron chi connectivity index (χ0n) is 10.5. The van der Waals surface area contributed by atoms with Crippen molar-refractivity contribution in [1.82, 2.24) is 9.97 Å². The van der Waals surface area contributed by atoms with Crippen LogP contribution in [-0.4, -0.2) is 16.5 Å². The number of rotatable bonds is 3. The van der Waals surface area contributed by atoms with Crippen LogP contribution in [0.1, 0.15) is 12.6 Å². The zero-order chi connectivity index (χ0) is 14.0. The summed E-state index contributed by atoms with van der Waals surface area (Å²) in [5, 5.41) is 3.49. The van der Waals surface area contributed by atoms with Crippen LogP contribution in [0.15, 0.2) is 22.7 Å². The summed E-state index contributed by atoms with van der Waals surface area (Å²) in [6, 6.07) is 5.36. The summed E-state index contributed by atoms with van der Waals surface area (Å²) in [4.78, 5) is 8.37. The van der Waals surface area contributed by atoms with Gasteiger partial charge in [-0.1, -0.05) is 11.6 Å². The first kappa shape index (κ1) is 14.2. The lowest BCUT2D eigenvalue weighted by Crippen LogP contribution is -2.06. The van der Waals surface area contributed by atoms with Crippen LogP contribution in [0, 0.1) is 12.7 Å². The summed E-state index contributed by atoms with van der Waals surface area (Å²) >= 11 is 9.29. The average Bonchev–Trinajstić information content (AvgIpc) is 2.38. The Labute approximate surface area is 124 Å². The van der Waals surface area contributed by atoms with E-state index in [2.05, 4.69) is 31.2 Å². The Kier molecular flexibility index (Phi) is 4.37. The molecule has 0 fully saturated rings. The van der Waals surface area contributed by atoms with Crippen molar-refractivity contribution in [3.05, 3.63) is 39.2 Å². The molecule has 0 atom stereocenters. The topological polar surface area (TPSA) is 37.8 Å². The number of nitrogens with one attached hydrogen (secondary N) is 1.